The molecule has 1 amide bonds. The van der Waals surface area contributed by atoms with E-state index in [1.165, 1.54) is 0 Å². The fraction of sp³-hybridized carbons (Fsp3) is 0.400. The van der Waals surface area contributed by atoms with Crippen molar-refractivity contribution in [3.05, 3.63) is 30.1 Å². The zero-order valence-electron chi connectivity index (χ0n) is 7.69. The summed E-state index contributed by atoms with van der Waals surface area (Å²) in [7, 11) is 0. The normalized spacial score (nSPS) is 21.6. The standard InChI is InChI=1S/C10H11BrN2O/c11-9-5-10(14)13(7-9)6-8-1-3-12-4-2-8/h1-4,9H,5-7H2. The van der Waals surface area contributed by atoms with Gasteiger partial charge in [0.25, 0.3) is 0 Å². The van der Waals surface area contributed by atoms with E-state index in [1.54, 1.807) is 12.4 Å². The molecule has 0 aliphatic carbocycles. The van der Waals surface area contributed by atoms with Crippen LogP contribution < -0.4 is 0 Å². The van der Waals surface area contributed by atoms with Crippen LogP contribution in [0, 0.1) is 0 Å². The van der Waals surface area contributed by atoms with E-state index in [-0.39, 0.29) is 5.91 Å². The topological polar surface area (TPSA) is 33.2 Å². The highest BCUT2D eigenvalue weighted by Crippen LogP contribution is 2.19. The Morgan fingerprint density at radius 2 is 2.21 bits per heavy atom. The Morgan fingerprint density at radius 1 is 1.50 bits per heavy atom. The maximum Gasteiger partial charge on any atom is 0.224 e. The molecule has 1 aromatic heterocycles. The van der Waals surface area contributed by atoms with Gasteiger partial charge >= 0.3 is 0 Å². The predicted octanol–water partition coefficient (Wildman–Crippen LogP) is 1.58. The first-order chi connectivity index (χ1) is 6.75. The number of hydrogen-bond donors (Lipinski definition) is 0. The van der Waals surface area contributed by atoms with Gasteiger partial charge in [0.1, 0.15) is 0 Å². The summed E-state index contributed by atoms with van der Waals surface area (Å²) in [6, 6.07) is 3.88. The largest absolute Gasteiger partial charge is 0.337 e. The van der Waals surface area contributed by atoms with E-state index in [0.717, 1.165) is 12.1 Å². The lowest BCUT2D eigenvalue weighted by Gasteiger charge is -2.15. The number of likely N-dealkylation sites (tertiary alicyclic amines) is 1. The highest BCUT2D eigenvalue weighted by Gasteiger charge is 2.27. The molecule has 4 heteroatoms. The van der Waals surface area contributed by atoms with Gasteiger partial charge < -0.3 is 4.90 Å². The van der Waals surface area contributed by atoms with Gasteiger partial charge in [-0.25, -0.2) is 0 Å². The summed E-state index contributed by atoms with van der Waals surface area (Å²) in [5, 5.41) is 0. The molecule has 1 aliphatic heterocycles. The number of halogens is 1. The van der Waals surface area contributed by atoms with Crippen molar-refractivity contribution in [1.82, 2.24) is 9.88 Å². The summed E-state index contributed by atoms with van der Waals surface area (Å²) in [6.07, 6.45) is 4.12. The summed E-state index contributed by atoms with van der Waals surface area (Å²) in [5.74, 6) is 0.226. The lowest BCUT2D eigenvalue weighted by atomic mass is 10.2. The van der Waals surface area contributed by atoms with Crippen LogP contribution in [0.2, 0.25) is 0 Å². The summed E-state index contributed by atoms with van der Waals surface area (Å²) in [4.78, 5) is 17.6. The van der Waals surface area contributed by atoms with Crippen LogP contribution in [0.25, 0.3) is 0 Å². The van der Waals surface area contributed by atoms with Gasteiger partial charge in [-0.3, -0.25) is 9.78 Å². The minimum atomic E-state index is 0.226. The smallest absolute Gasteiger partial charge is 0.224 e. The lowest BCUT2D eigenvalue weighted by Crippen LogP contribution is -2.24. The van der Waals surface area contributed by atoms with Gasteiger partial charge in [0, 0.05) is 36.7 Å². The number of nitrogens with zero attached hydrogens (tertiary/aromatic N) is 2. The molecule has 1 aliphatic rings. The quantitative estimate of drug-likeness (QED) is 0.751. The van der Waals surface area contributed by atoms with Crippen LogP contribution >= 0.6 is 15.9 Å². The van der Waals surface area contributed by atoms with Crippen LogP contribution in [0.4, 0.5) is 0 Å². The van der Waals surface area contributed by atoms with Crippen molar-refractivity contribution >= 4 is 21.8 Å². The van der Waals surface area contributed by atoms with Crippen molar-refractivity contribution in [1.29, 1.82) is 0 Å². The summed E-state index contributed by atoms with van der Waals surface area (Å²) in [5.41, 5.74) is 1.13. The number of rotatable bonds is 2. The van der Waals surface area contributed by atoms with E-state index in [4.69, 9.17) is 0 Å². The zero-order chi connectivity index (χ0) is 9.97. The second-order valence-corrected chi connectivity index (χ2v) is 4.73. The third-order valence-electron chi connectivity index (χ3n) is 2.29. The molecule has 14 heavy (non-hydrogen) atoms. The number of hydrogen-bond acceptors (Lipinski definition) is 2. The molecule has 74 valence electrons. The molecule has 3 nitrogen and oxygen atoms in total. The highest BCUT2D eigenvalue weighted by molar-refractivity contribution is 9.09. The Bertz CT molecular complexity index is 328. The molecule has 0 bridgehead atoms. The second kappa shape index (κ2) is 4.09. The number of amides is 1. The first-order valence-electron chi connectivity index (χ1n) is 4.56. The zero-order valence-corrected chi connectivity index (χ0v) is 9.27. The van der Waals surface area contributed by atoms with Gasteiger partial charge in [-0.1, -0.05) is 15.9 Å². The average Bonchev–Trinajstić information content (AvgIpc) is 2.47. The fourth-order valence-corrected chi connectivity index (χ4v) is 2.21. The Labute approximate surface area is 91.3 Å². The van der Waals surface area contributed by atoms with Crippen LogP contribution in [0.3, 0.4) is 0 Å². The van der Waals surface area contributed by atoms with Crippen LogP contribution in [0.5, 0.6) is 0 Å². The molecule has 0 N–H and O–H groups in total. The van der Waals surface area contributed by atoms with Crippen molar-refractivity contribution in [3.63, 3.8) is 0 Å². The van der Waals surface area contributed by atoms with Crippen molar-refractivity contribution in [2.24, 2.45) is 0 Å². The first kappa shape index (κ1) is 9.65. The van der Waals surface area contributed by atoms with Crippen molar-refractivity contribution in [2.75, 3.05) is 6.54 Å². The molecular weight excluding hydrogens is 244 g/mol. The number of pyridine rings is 1. The summed E-state index contributed by atoms with van der Waals surface area (Å²) >= 11 is 3.46. The molecule has 2 rings (SSSR count). The van der Waals surface area contributed by atoms with E-state index in [1.807, 2.05) is 17.0 Å². The minimum absolute atomic E-state index is 0.226. The van der Waals surface area contributed by atoms with Gasteiger partial charge in [0.2, 0.25) is 5.91 Å². The maximum absolute atomic E-state index is 11.5. The number of carbonyl (C=O) groups is 1. The van der Waals surface area contributed by atoms with Gasteiger partial charge in [0.05, 0.1) is 0 Å². The molecule has 1 aromatic rings. The highest BCUT2D eigenvalue weighted by atomic mass is 79.9. The van der Waals surface area contributed by atoms with Gasteiger partial charge in [-0.2, -0.15) is 0 Å². The Morgan fingerprint density at radius 3 is 2.79 bits per heavy atom. The number of alkyl halides is 1. The molecule has 0 spiro atoms. The van der Waals surface area contributed by atoms with Crippen LogP contribution in [-0.2, 0) is 11.3 Å². The van der Waals surface area contributed by atoms with Gasteiger partial charge in [-0.15, -0.1) is 0 Å². The molecule has 0 aromatic carbocycles. The molecule has 0 saturated carbocycles. The Kier molecular flexibility index (Phi) is 2.82. The molecule has 1 unspecified atom stereocenters. The van der Waals surface area contributed by atoms with E-state index in [2.05, 4.69) is 20.9 Å². The molecule has 1 saturated heterocycles. The first-order valence-corrected chi connectivity index (χ1v) is 5.48. The van der Waals surface area contributed by atoms with E-state index >= 15 is 0 Å². The van der Waals surface area contributed by atoms with E-state index in [9.17, 15) is 4.79 Å². The maximum atomic E-state index is 11.5. The fourth-order valence-electron chi connectivity index (χ4n) is 1.59. The predicted molar refractivity (Wildman–Crippen MR) is 57.0 cm³/mol. The van der Waals surface area contributed by atoms with Gasteiger partial charge in [0.15, 0.2) is 0 Å². The van der Waals surface area contributed by atoms with Crippen LogP contribution in [-0.4, -0.2) is 27.2 Å². The van der Waals surface area contributed by atoms with Crippen LogP contribution in [0.15, 0.2) is 24.5 Å². The molecular formula is C10H11BrN2O. The lowest BCUT2D eigenvalue weighted by molar-refractivity contribution is -0.128. The summed E-state index contributed by atoms with van der Waals surface area (Å²) in [6.45, 7) is 1.50. The monoisotopic (exact) mass is 254 g/mol. The third-order valence-corrected chi connectivity index (χ3v) is 2.90. The SMILES string of the molecule is O=C1CC(Br)CN1Cc1ccncc1. The average molecular weight is 255 g/mol. The van der Waals surface area contributed by atoms with E-state index in [0.29, 0.717) is 17.8 Å². The summed E-state index contributed by atoms with van der Waals surface area (Å²) < 4.78 is 0. The molecule has 1 atom stereocenters. The molecule has 2 heterocycles. The number of aromatic nitrogens is 1. The number of carbonyl (C=O) groups excluding carboxylic acids is 1. The van der Waals surface area contributed by atoms with E-state index < -0.39 is 0 Å². The Balaban J connectivity index is 2.02. The molecule has 1 fully saturated rings. The minimum Gasteiger partial charge on any atom is -0.337 e. The second-order valence-electron chi connectivity index (χ2n) is 3.43. The Hall–Kier alpha value is -0.900. The van der Waals surface area contributed by atoms with Gasteiger partial charge in [-0.05, 0) is 17.7 Å². The molecule has 0 radical (unpaired) electrons. The third kappa shape index (κ3) is 2.12. The van der Waals surface area contributed by atoms with Crippen molar-refractivity contribution < 1.29 is 4.79 Å². The van der Waals surface area contributed by atoms with Crippen molar-refractivity contribution in [2.45, 2.75) is 17.8 Å². The van der Waals surface area contributed by atoms with Crippen molar-refractivity contribution in [3.8, 4) is 0 Å². The van der Waals surface area contributed by atoms with Crippen LogP contribution in [0.1, 0.15) is 12.0 Å².